The molecular weight excluding hydrogens is 967 g/mol. The van der Waals surface area contributed by atoms with Crippen molar-refractivity contribution in [1.29, 1.82) is 0 Å². The van der Waals surface area contributed by atoms with Gasteiger partial charge in [0, 0.05) is 6.42 Å². The minimum atomic E-state index is -1.79. The van der Waals surface area contributed by atoms with Gasteiger partial charge in [0.15, 0.2) is 12.6 Å². The number of amides is 1. The molecular formula is C62H115NO13. The molecule has 0 saturated carbocycles. The molecule has 0 aromatic carbocycles. The SMILES string of the molecule is CCCCCC/C=C\C/C=C\CCCCCCCCCC(=O)NC(COC1OC(CO)C(OC2OC(CO)C(O)C(O)C2O)C(O)C1O)C(O)/C=C/CCCCCCCCCCCCCCCCCCCCCCCC. The molecule has 14 nitrogen and oxygen atoms in total. The summed E-state index contributed by atoms with van der Waals surface area (Å²) in [7, 11) is 0. The molecule has 12 unspecified atom stereocenters. The zero-order chi connectivity index (χ0) is 55.3. The Morgan fingerprint density at radius 3 is 1.33 bits per heavy atom. The van der Waals surface area contributed by atoms with Crippen LogP contribution in [0.15, 0.2) is 36.5 Å². The highest BCUT2D eigenvalue weighted by Gasteiger charge is 2.51. The number of carbonyl (C=O) groups excluding carboxylic acids is 1. The standard InChI is InChI=1S/C62H115NO13/c1-3-5-7-9-11-13-15-17-19-21-23-24-25-26-27-28-29-31-33-35-37-39-41-43-45-51(66)50(63-54(67)46-44-42-40-38-36-34-32-30-22-20-18-16-14-12-10-8-6-4-2)49-73-61-59(72)57(70)60(53(48-65)75-61)76-62-58(71)56(69)55(68)52(47-64)74-62/h14,16,20,22,43,45,50-53,55-62,64-66,68-72H,3-13,15,17-19,21,23-42,44,46-49H2,1-2H3,(H,63,67)/b16-14-,22-20-,45-43+. The molecule has 14 heteroatoms. The van der Waals surface area contributed by atoms with Gasteiger partial charge in [-0.15, -0.1) is 0 Å². The summed E-state index contributed by atoms with van der Waals surface area (Å²) in [6.07, 6.45) is 41.8. The fourth-order valence-electron chi connectivity index (χ4n) is 10.3. The van der Waals surface area contributed by atoms with E-state index in [9.17, 15) is 45.6 Å². The van der Waals surface area contributed by atoms with E-state index in [2.05, 4.69) is 43.5 Å². The molecule has 0 aromatic heterocycles. The predicted molar refractivity (Wildman–Crippen MR) is 305 cm³/mol. The lowest BCUT2D eigenvalue weighted by molar-refractivity contribution is -0.359. The summed E-state index contributed by atoms with van der Waals surface area (Å²) >= 11 is 0. The van der Waals surface area contributed by atoms with E-state index < -0.39 is 86.8 Å². The molecule has 2 fully saturated rings. The first kappa shape index (κ1) is 70.3. The molecule has 9 N–H and O–H groups in total. The van der Waals surface area contributed by atoms with Gasteiger partial charge in [-0.1, -0.05) is 237 Å². The first-order valence-electron chi connectivity index (χ1n) is 31.2. The van der Waals surface area contributed by atoms with Crippen LogP contribution in [0.2, 0.25) is 0 Å². The summed E-state index contributed by atoms with van der Waals surface area (Å²) in [5, 5.41) is 87.2. The third-order valence-corrected chi connectivity index (χ3v) is 15.3. The number of ether oxygens (including phenoxy) is 4. The Labute approximate surface area is 461 Å². The number of carbonyl (C=O) groups is 1. The van der Waals surface area contributed by atoms with E-state index in [4.69, 9.17) is 18.9 Å². The number of rotatable bonds is 50. The molecule has 0 aromatic rings. The molecule has 0 spiro atoms. The van der Waals surface area contributed by atoms with E-state index in [1.54, 1.807) is 6.08 Å². The normalized spacial score (nSPS) is 25.1. The monoisotopic (exact) mass is 1080 g/mol. The molecule has 2 aliphatic rings. The molecule has 12 atom stereocenters. The van der Waals surface area contributed by atoms with Gasteiger partial charge in [-0.25, -0.2) is 0 Å². The van der Waals surface area contributed by atoms with Gasteiger partial charge in [-0.2, -0.15) is 0 Å². The largest absolute Gasteiger partial charge is 0.394 e. The average molecular weight is 1080 g/mol. The molecule has 0 bridgehead atoms. The van der Waals surface area contributed by atoms with Crippen LogP contribution < -0.4 is 5.32 Å². The van der Waals surface area contributed by atoms with Gasteiger partial charge in [-0.3, -0.25) is 4.79 Å². The first-order chi connectivity index (χ1) is 37.1. The highest BCUT2D eigenvalue weighted by atomic mass is 16.7. The highest BCUT2D eigenvalue weighted by Crippen LogP contribution is 2.30. The smallest absolute Gasteiger partial charge is 0.220 e. The molecule has 2 aliphatic heterocycles. The number of allylic oxidation sites excluding steroid dienone is 5. The Morgan fingerprint density at radius 1 is 0.474 bits per heavy atom. The van der Waals surface area contributed by atoms with Gasteiger partial charge in [0.2, 0.25) is 5.91 Å². The van der Waals surface area contributed by atoms with E-state index in [0.717, 1.165) is 57.8 Å². The summed E-state index contributed by atoms with van der Waals surface area (Å²) in [4.78, 5) is 13.3. The molecule has 2 heterocycles. The molecule has 446 valence electrons. The van der Waals surface area contributed by atoms with Crippen molar-refractivity contribution in [3.05, 3.63) is 36.5 Å². The number of nitrogens with one attached hydrogen (secondary N) is 1. The fourth-order valence-corrected chi connectivity index (χ4v) is 10.3. The van der Waals surface area contributed by atoms with Gasteiger partial charge in [0.05, 0.1) is 32.0 Å². The van der Waals surface area contributed by atoms with Gasteiger partial charge in [0.25, 0.3) is 0 Å². The maximum Gasteiger partial charge on any atom is 0.220 e. The Hall–Kier alpha value is -1.79. The lowest BCUT2D eigenvalue weighted by Gasteiger charge is -2.46. The van der Waals surface area contributed by atoms with Crippen LogP contribution in [-0.4, -0.2) is 140 Å². The second-order valence-electron chi connectivity index (χ2n) is 22.2. The summed E-state index contributed by atoms with van der Waals surface area (Å²) < 4.78 is 22.8. The van der Waals surface area contributed by atoms with E-state index in [1.165, 1.54) is 173 Å². The van der Waals surface area contributed by atoms with Crippen LogP contribution in [0, 0.1) is 0 Å². The van der Waals surface area contributed by atoms with Crippen LogP contribution in [0.4, 0.5) is 0 Å². The van der Waals surface area contributed by atoms with E-state index in [-0.39, 0.29) is 18.9 Å². The van der Waals surface area contributed by atoms with Crippen molar-refractivity contribution < 1.29 is 64.6 Å². The van der Waals surface area contributed by atoms with E-state index in [1.807, 2.05) is 6.08 Å². The van der Waals surface area contributed by atoms with Gasteiger partial charge >= 0.3 is 0 Å². The fraction of sp³-hybridized carbons (Fsp3) is 0.887. The first-order valence-corrected chi connectivity index (χ1v) is 31.2. The number of aliphatic hydroxyl groups is 8. The molecule has 1 amide bonds. The Balaban J connectivity index is 1.75. The summed E-state index contributed by atoms with van der Waals surface area (Å²) in [5.41, 5.74) is 0. The van der Waals surface area contributed by atoms with E-state index >= 15 is 0 Å². The predicted octanol–water partition coefficient (Wildman–Crippen LogP) is 11.0. The maximum atomic E-state index is 13.3. The Bertz CT molecular complexity index is 1410. The van der Waals surface area contributed by atoms with E-state index in [0.29, 0.717) is 6.42 Å². The second kappa shape index (κ2) is 48.0. The molecule has 2 rings (SSSR count). The second-order valence-corrected chi connectivity index (χ2v) is 22.2. The third kappa shape index (κ3) is 33.1. The highest BCUT2D eigenvalue weighted by molar-refractivity contribution is 5.76. The third-order valence-electron chi connectivity index (χ3n) is 15.3. The quantitative estimate of drug-likeness (QED) is 0.0204. The number of hydrogen-bond donors (Lipinski definition) is 9. The van der Waals surface area contributed by atoms with Crippen molar-refractivity contribution in [3.63, 3.8) is 0 Å². The number of hydrogen-bond acceptors (Lipinski definition) is 13. The lowest BCUT2D eigenvalue weighted by Crippen LogP contribution is -2.65. The van der Waals surface area contributed by atoms with Crippen molar-refractivity contribution in [2.45, 2.75) is 331 Å². The summed E-state index contributed by atoms with van der Waals surface area (Å²) in [6, 6.07) is -0.919. The Kier molecular flexibility index (Phi) is 44.4. The van der Waals surface area contributed by atoms with Crippen LogP contribution in [0.5, 0.6) is 0 Å². The average Bonchev–Trinajstić information content (AvgIpc) is 3.42. The van der Waals surface area contributed by atoms with Crippen molar-refractivity contribution in [2.24, 2.45) is 0 Å². The number of unbranched alkanes of at least 4 members (excludes halogenated alkanes) is 33. The van der Waals surface area contributed by atoms with Crippen LogP contribution in [0.25, 0.3) is 0 Å². The Morgan fingerprint density at radius 2 is 0.868 bits per heavy atom. The zero-order valence-electron chi connectivity index (χ0n) is 48.0. The summed E-state index contributed by atoms with van der Waals surface area (Å²) in [6.45, 7) is 2.80. The molecule has 76 heavy (non-hydrogen) atoms. The van der Waals surface area contributed by atoms with Gasteiger partial charge in [-0.05, 0) is 51.4 Å². The van der Waals surface area contributed by atoms with Crippen molar-refractivity contribution >= 4 is 5.91 Å². The van der Waals surface area contributed by atoms with Crippen molar-refractivity contribution in [2.75, 3.05) is 19.8 Å². The van der Waals surface area contributed by atoms with Crippen LogP contribution in [-0.2, 0) is 23.7 Å². The summed E-state index contributed by atoms with van der Waals surface area (Å²) in [5.74, 6) is -0.245. The van der Waals surface area contributed by atoms with Gasteiger partial charge in [0.1, 0.15) is 48.8 Å². The number of aliphatic hydroxyl groups excluding tert-OH is 8. The van der Waals surface area contributed by atoms with Crippen LogP contribution in [0.1, 0.15) is 258 Å². The lowest BCUT2D eigenvalue weighted by atomic mass is 9.97. The van der Waals surface area contributed by atoms with Crippen LogP contribution >= 0.6 is 0 Å². The molecule has 0 radical (unpaired) electrons. The minimum Gasteiger partial charge on any atom is -0.394 e. The van der Waals surface area contributed by atoms with Crippen molar-refractivity contribution in [3.8, 4) is 0 Å². The van der Waals surface area contributed by atoms with Crippen LogP contribution in [0.3, 0.4) is 0 Å². The zero-order valence-corrected chi connectivity index (χ0v) is 48.0. The minimum absolute atomic E-state index is 0.245. The molecule has 2 saturated heterocycles. The maximum absolute atomic E-state index is 13.3. The topological polar surface area (TPSA) is 228 Å². The van der Waals surface area contributed by atoms with Gasteiger partial charge < -0.3 is 65.1 Å². The molecule has 0 aliphatic carbocycles. The van der Waals surface area contributed by atoms with Crippen molar-refractivity contribution in [1.82, 2.24) is 5.32 Å².